The second-order valence-electron chi connectivity index (χ2n) is 11.2. The van der Waals surface area contributed by atoms with Gasteiger partial charge in [-0.1, -0.05) is 132 Å². The summed E-state index contributed by atoms with van der Waals surface area (Å²) in [5.41, 5.74) is 3.75. The Morgan fingerprint density at radius 2 is 0.556 bits per heavy atom. The van der Waals surface area contributed by atoms with Crippen LogP contribution in [-0.4, -0.2) is 15.0 Å². The van der Waals surface area contributed by atoms with Gasteiger partial charge in [0.05, 0.1) is 0 Å². The number of nitrogens with zero attached hydrogens (tertiary/aromatic N) is 3. The predicted molar refractivity (Wildman–Crippen MR) is 181 cm³/mol. The van der Waals surface area contributed by atoms with Crippen LogP contribution in [0.3, 0.4) is 0 Å². The standard InChI is InChI=1S/2C12H18O.3C5H5N.Ni/c2*1-8(2)10-6-5-7-11(9(3)4)12(10)13;3*1-2-4-6-5-3-1;/h2*5-9,13H,1-4H3;3*1-5H;/q;;;;;+2/p-2. The molecule has 6 heteroatoms. The van der Waals surface area contributed by atoms with Gasteiger partial charge in [0.15, 0.2) is 0 Å². The van der Waals surface area contributed by atoms with Gasteiger partial charge in [0, 0.05) is 37.2 Å². The molecule has 0 fully saturated rings. The maximum absolute atomic E-state index is 11.9. The maximum atomic E-state index is 11.9. The molecule has 5 nitrogen and oxygen atoms in total. The molecular formula is C39H49N3NiO2. The van der Waals surface area contributed by atoms with Crippen LogP contribution >= 0.6 is 0 Å². The number of aromatic nitrogens is 3. The van der Waals surface area contributed by atoms with Crippen LogP contribution in [0.25, 0.3) is 0 Å². The van der Waals surface area contributed by atoms with E-state index in [1.807, 2.05) is 91.0 Å². The van der Waals surface area contributed by atoms with Crippen molar-refractivity contribution in [3.63, 3.8) is 0 Å². The second-order valence-corrected chi connectivity index (χ2v) is 11.2. The van der Waals surface area contributed by atoms with E-state index >= 15 is 0 Å². The summed E-state index contributed by atoms with van der Waals surface area (Å²) in [5.74, 6) is 1.76. The maximum Gasteiger partial charge on any atom is 2.00 e. The quantitative estimate of drug-likeness (QED) is 0.181. The molecule has 5 aromatic rings. The van der Waals surface area contributed by atoms with Crippen LogP contribution < -0.4 is 10.2 Å². The zero-order valence-electron chi connectivity index (χ0n) is 27.9. The zero-order valence-corrected chi connectivity index (χ0v) is 28.9. The Bertz CT molecular complexity index is 1110. The molecule has 0 spiro atoms. The van der Waals surface area contributed by atoms with Crippen molar-refractivity contribution in [1.82, 2.24) is 15.0 Å². The van der Waals surface area contributed by atoms with Crippen molar-refractivity contribution in [2.45, 2.75) is 79.1 Å². The third-order valence-electron chi connectivity index (χ3n) is 6.34. The van der Waals surface area contributed by atoms with E-state index in [0.717, 1.165) is 22.3 Å². The molecule has 0 N–H and O–H groups in total. The van der Waals surface area contributed by atoms with Crippen molar-refractivity contribution in [3.05, 3.63) is 150 Å². The van der Waals surface area contributed by atoms with E-state index in [1.165, 1.54) is 0 Å². The van der Waals surface area contributed by atoms with Crippen LogP contribution in [-0.2, 0) is 16.5 Å². The normalized spacial score (nSPS) is 9.69. The van der Waals surface area contributed by atoms with Crippen LogP contribution in [0, 0.1) is 0 Å². The van der Waals surface area contributed by atoms with Gasteiger partial charge in [0.1, 0.15) is 0 Å². The topological polar surface area (TPSA) is 84.8 Å². The Morgan fingerprint density at radius 3 is 0.667 bits per heavy atom. The summed E-state index contributed by atoms with van der Waals surface area (Å²) in [7, 11) is 0. The molecule has 0 aliphatic heterocycles. The van der Waals surface area contributed by atoms with E-state index < -0.39 is 0 Å². The Kier molecular flexibility index (Phi) is 22.2. The molecule has 0 atom stereocenters. The number of hydrogen-bond acceptors (Lipinski definition) is 5. The summed E-state index contributed by atoms with van der Waals surface area (Å²) < 4.78 is 0. The fraction of sp³-hybridized carbons (Fsp3) is 0.308. The molecule has 5 rings (SSSR count). The van der Waals surface area contributed by atoms with E-state index in [9.17, 15) is 10.2 Å². The van der Waals surface area contributed by atoms with Gasteiger partial charge in [0.25, 0.3) is 0 Å². The Balaban J connectivity index is 0.000000561. The predicted octanol–water partition coefficient (Wildman–Crippen LogP) is 9.26. The minimum Gasteiger partial charge on any atom is -0.872 e. The van der Waals surface area contributed by atoms with Gasteiger partial charge in [-0.3, -0.25) is 15.0 Å². The number of rotatable bonds is 4. The first-order chi connectivity index (χ1) is 21.1. The molecule has 0 aliphatic carbocycles. The summed E-state index contributed by atoms with van der Waals surface area (Å²) in [4.78, 5) is 11.4. The average Bonchev–Trinajstić information content (AvgIpc) is 3.04. The smallest absolute Gasteiger partial charge is 0.872 e. The van der Waals surface area contributed by atoms with Gasteiger partial charge in [-0.25, -0.2) is 0 Å². The molecule has 0 unspecified atom stereocenters. The van der Waals surface area contributed by atoms with E-state index in [4.69, 9.17) is 0 Å². The minimum atomic E-state index is 0. The van der Waals surface area contributed by atoms with Crippen LogP contribution in [0.4, 0.5) is 0 Å². The second kappa shape index (κ2) is 24.3. The zero-order chi connectivity index (χ0) is 32.7. The monoisotopic (exact) mass is 649 g/mol. The first kappa shape index (κ1) is 41.0. The van der Waals surface area contributed by atoms with Gasteiger partial charge in [-0.15, -0.1) is 11.5 Å². The molecule has 0 bridgehead atoms. The van der Waals surface area contributed by atoms with Crippen LogP contribution in [0.15, 0.2) is 128 Å². The first-order valence-corrected chi connectivity index (χ1v) is 15.2. The molecule has 242 valence electrons. The summed E-state index contributed by atoms with van der Waals surface area (Å²) in [6.45, 7) is 16.5. The third-order valence-corrected chi connectivity index (χ3v) is 6.34. The van der Waals surface area contributed by atoms with Crippen LogP contribution in [0.5, 0.6) is 11.5 Å². The van der Waals surface area contributed by atoms with Crippen LogP contribution in [0.2, 0.25) is 0 Å². The summed E-state index contributed by atoms with van der Waals surface area (Å²) >= 11 is 0. The van der Waals surface area contributed by atoms with Crippen molar-refractivity contribution in [2.75, 3.05) is 0 Å². The Hall–Kier alpha value is -4.02. The van der Waals surface area contributed by atoms with E-state index in [-0.39, 0.29) is 28.0 Å². The molecule has 0 radical (unpaired) electrons. The van der Waals surface area contributed by atoms with Crippen molar-refractivity contribution in [3.8, 4) is 11.5 Å². The van der Waals surface area contributed by atoms with E-state index in [1.54, 1.807) is 37.2 Å². The van der Waals surface area contributed by atoms with Crippen molar-refractivity contribution < 1.29 is 26.7 Å². The number of benzene rings is 2. The molecule has 0 saturated carbocycles. The number of para-hydroxylation sites is 2. The van der Waals surface area contributed by atoms with E-state index in [0.29, 0.717) is 23.7 Å². The molecule has 3 heterocycles. The van der Waals surface area contributed by atoms with Crippen molar-refractivity contribution >= 4 is 0 Å². The Labute approximate surface area is 281 Å². The number of hydrogen-bond donors (Lipinski definition) is 0. The largest absolute Gasteiger partial charge is 2.00 e. The molecule has 2 aromatic carbocycles. The van der Waals surface area contributed by atoms with Gasteiger partial charge in [0.2, 0.25) is 0 Å². The third kappa shape index (κ3) is 17.2. The molecular weight excluding hydrogens is 601 g/mol. The number of pyridine rings is 3. The molecule has 0 saturated heterocycles. The van der Waals surface area contributed by atoms with Gasteiger partial charge >= 0.3 is 16.5 Å². The SMILES string of the molecule is CC(C)c1cccc(C(C)C)c1[O-].CC(C)c1cccc(C(C)C)c1[O-].[Ni+2].c1ccncc1.c1ccncc1.c1ccncc1. The average molecular weight is 651 g/mol. The Morgan fingerprint density at radius 1 is 0.356 bits per heavy atom. The molecule has 3 aromatic heterocycles. The van der Waals surface area contributed by atoms with Crippen molar-refractivity contribution in [2.24, 2.45) is 0 Å². The van der Waals surface area contributed by atoms with Crippen LogP contribution in [0.1, 0.15) is 101 Å². The molecule has 0 aliphatic rings. The van der Waals surface area contributed by atoms with Crippen molar-refractivity contribution in [1.29, 1.82) is 0 Å². The van der Waals surface area contributed by atoms with E-state index in [2.05, 4.69) is 70.3 Å². The summed E-state index contributed by atoms with van der Waals surface area (Å²) in [6.07, 6.45) is 10.5. The van der Waals surface area contributed by atoms with Gasteiger partial charge < -0.3 is 10.2 Å². The van der Waals surface area contributed by atoms with Gasteiger partial charge in [-0.2, -0.15) is 0 Å². The van der Waals surface area contributed by atoms with Gasteiger partial charge in [-0.05, 0) is 60.1 Å². The minimum absolute atomic E-state index is 0. The fourth-order valence-electron chi connectivity index (χ4n) is 3.90. The molecule has 0 amide bonds. The first-order valence-electron chi connectivity index (χ1n) is 15.2. The summed E-state index contributed by atoms with van der Waals surface area (Å²) in [5, 5.41) is 23.7. The molecule has 45 heavy (non-hydrogen) atoms. The fourth-order valence-corrected chi connectivity index (χ4v) is 3.90. The summed E-state index contributed by atoms with van der Waals surface area (Å²) in [6, 6.07) is 28.8.